The first-order valence-electron chi connectivity index (χ1n) is 18.0. The van der Waals surface area contributed by atoms with Crippen LogP contribution in [0, 0.1) is 11.7 Å². The van der Waals surface area contributed by atoms with Crippen molar-refractivity contribution in [2.75, 3.05) is 26.4 Å². The summed E-state index contributed by atoms with van der Waals surface area (Å²) in [5.41, 5.74) is 5.63. The number of hydrogen-bond acceptors (Lipinski definition) is 5. The third kappa shape index (κ3) is 6.75. The van der Waals surface area contributed by atoms with Gasteiger partial charge >= 0.3 is 5.97 Å². The number of hydrogen-bond donors (Lipinski definition) is 1. The summed E-state index contributed by atoms with van der Waals surface area (Å²) in [5, 5.41) is 18.9. The van der Waals surface area contributed by atoms with E-state index < -0.39 is 5.97 Å². The lowest BCUT2D eigenvalue weighted by Gasteiger charge is -2.24. The van der Waals surface area contributed by atoms with E-state index in [9.17, 15) is 14.3 Å². The number of aromatic nitrogens is 3. The first-order chi connectivity index (χ1) is 24.4. The molecular weight excluding hydrogens is 657 g/mol. The normalized spacial score (nSPS) is 17.2. The molecule has 264 valence electrons. The molecule has 0 bridgehead atoms. The van der Waals surface area contributed by atoms with Crippen molar-refractivity contribution in [1.29, 1.82) is 0 Å². The molecule has 0 aliphatic carbocycles. The summed E-state index contributed by atoms with van der Waals surface area (Å²) in [6, 6.07) is 14.1. The SMILES string of the molecule is CCc1c2c(nn1C)C(CCC1CCOCC1)OCCCCn1c(C(=O)O)c(CCCOc3cccc4cc(F)ccc34)c3ccc(Cl)c-2c31. The van der Waals surface area contributed by atoms with Gasteiger partial charge in [-0.15, -0.1) is 0 Å². The summed E-state index contributed by atoms with van der Waals surface area (Å²) in [6.07, 6.45) is 7.20. The van der Waals surface area contributed by atoms with Gasteiger partial charge in [0.1, 0.15) is 23.4 Å². The van der Waals surface area contributed by atoms with Crippen LogP contribution in [-0.4, -0.2) is 51.9 Å². The number of halogens is 2. The van der Waals surface area contributed by atoms with Crippen molar-refractivity contribution in [2.45, 2.75) is 77.4 Å². The molecule has 4 heterocycles. The minimum Gasteiger partial charge on any atom is -0.493 e. The number of carboxylic acids is 1. The van der Waals surface area contributed by atoms with Crippen LogP contribution in [0.25, 0.3) is 32.8 Å². The highest BCUT2D eigenvalue weighted by molar-refractivity contribution is 6.35. The number of nitrogens with zero attached hydrogens (tertiary/aromatic N) is 3. The predicted molar refractivity (Wildman–Crippen MR) is 194 cm³/mol. The highest BCUT2D eigenvalue weighted by Gasteiger charge is 2.32. The average Bonchev–Trinajstić information content (AvgIpc) is 3.60. The van der Waals surface area contributed by atoms with Crippen LogP contribution in [0.15, 0.2) is 48.5 Å². The van der Waals surface area contributed by atoms with Crippen molar-refractivity contribution in [3.8, 4) is 16.9 Å². The van der Waals surface area contributed by atoms with Crippen LogP contribution in [0.3, 0.4) is 0 Å². The third-order valence-corrected chi connectivity index (χ3v) is 10.8. The minimum absolute atomic E-state index is 0.201. The van der Waals surface area contributed by atoms with Crippen molar-refractivity contribution in [3.63, 3.8) is 0 Å². The summed E-state index contributed by atoms with van der Waals surface area (Å²) in [6.45, 7) is 5.21. The lowest BCUT2D eigenvalue weighted by molar-refractivity contribution is 0.0246. The van der Waals surface area contributed by atoms with Gasteiger partial charge < -0.3 is 23.9 Å². The summed E-state index contributed by atoms with van der Waals surface area (Å²) in [7, 11) is 1.97. The molecule has 5 aromatic rings. The monoisotopic (exact) mass is 701 g/mol. The fourth-order valence-electron chi connectivity index (χ4n) is 8.04. The number of aryl methyl sites for hydroxylation is 3. The lowest BCUT2D eigenvalue weighted by atomic mass is 9.90. The number of benzene rings is 3. The van der Waals surface area contributed by atoms with Crippen LogP contribution in [0.1, 0.15) is 85.4 Å². The molecule has 1 atom stereocenters. The van der Waals surface area contributed by atoms with Crippen molar-refractivity contribution < 1.29 is 28.5 Å². The number of aromatic carboxylic acids is 1. The topological polar surface area (TPSA) is 87.7 Å². The van der Waals surface area contributed by atoms with Gasteiger partial charge in [-0.3, -0.25) is 4.68 Å². The van der Waals surface area contributed by atoms with Gasteiger partial charge in [0.15, 0.2) is 0 Å². The van der Waals surface area contributed by atoms with Crippen LogP contribution >= 0.6 is 11.6 Å². The largest absolute Gasteiger partial charge is 0.493 e. The van der Waals surface area contributed by atoms with Crippen LogP contribution in [0.4, 0.5) is 4.39 Å². The Morgan fingerprint density at radius 2 is 1.88 bits per heavy atom. The van der Waals surface area contributed by atoms with Gasteiger partial charge in [-0.1, -0.05) is 36.7 Å². The maximum absolute atomic E-state index is 13.8. The van der Waals surface area contributed by atoms with E-state index in [2.05, 4.69) is 6.92 Å². The highest BCUT2D eigenvalue weighted by Crippen LogP contribution is 2.45. The summed E-state index contributed by atoms with van der Waals surface area (Å²) in [4.78, 5) is 13.1. The molecule has 1 fully saturated rings. The van der Waals surface area contributed by atoms with Gasteiger partial charge in [-0.2, -0.15) is 5.10 Å². The molecule has 0 spiro atoms. The van der Waals surface area contributed by atoms with E-state index in [1.807, 2.05) is 46.6 Å². The van der Waals surface area contributed by atoms with Crippen LogP contribution < -0.4 is 4.74 Å². The van der Waals surface area contributed by atoms with Gasteiger partial charge in [-0.05, 0) is 105 Å². The van der Waals surface area contributed by atoms with Crippen LogP contribution in [0.5, 0.6) is 5.75 Å². The maximum Gasteiger partial charge on any atom is 0.352 e. The molecule has 0 saturated carbocycles. The molecule has 3 aromatic carbocycles. The summed E-state index contributed by atoms with van der Waals surface area (Å²) >= 11 is 7.18. The van der Waals surface area contributed by atoms with Crippen molar-refractivity contribution in [2.24, 2.45) is 13.0 Å². The van der Waals surface area contributed by atoms with E-state index >= 15 is 0 Å². The van der Waals surface area contributed by atoms with Crippen molar-refractivity contribution >= 4 is 39.2 Å². The molecule has 8 nitrogen and oxygen atoms in total. The van der Waals surface area contributed by atoms with Gasteiger partial charge in [0, 0.05) is 61.0 Å². The van der Waals surface area contributed by atoms with Crippen molar-refractivity contribution in [3.05, 3.63) is 82.0 Å². The van der Waals surface area contributed by atoms with E-state index in [1.54, 1.807) is 6.07 Å². The maximum atomic E-state index is 13.8. The second-order valence-electron chi connectivity index (χ2n) is 13.6. The number of ether oxygens (including phenoxy) is 3. The van der Waals surface area contributed by atoms with Gasteiger partial charge in [0.25, 0.3) is 0 Å². The summed E-state index contributed by atoms with van der Waals surface area (Å²) < 4.78 is 36.2. The molecule has 7 rings (SSSR count). The first-order valence-corrected chi connectivity index (χ1v) is 18.4. The Morgan fingerprint density at radius 1 is 1.06 bits per heavy atom. The van der Waals surface area contributed by atoms with Gasteiger partial charge in [-0.25, -0.2) is 9.18 Å². The molecular formula is C40H45ClFN3O5. The van der Waals surface area contributed by atoms with Gasteiger partial charge in [0.2, 0.25) is 0 Å². The zero-order valence-corrected chi connectivity index (χ0v) is 29.6. The Morgan fingerprint density at radius 3 is 2.68 bits per heavy atom. The Balaban J connectivity index is 1.28. The first kappa shape index (κ1) is 34.5. The number of rotatable bonds is 10. The Bertz CT molecular complexity index is 2010. The van der Waals surface area contributed by atoms with E-state index in [-0.39, 0.29) is 11.9 Å². The minimum atomic E-state index is -0.960. The smallest absolute Gasteiger partial charge is 0.352 e. The highest BCUT2D eigenvalue weighted by atomic mass is 35.5. The quantitative estimate of drug-likeness (QED) is 0.146. The molecule has 2 aliphatic heterocycles. The number of carboxylic acid groups (broad SMARTS) is 1. The van der Waals surface area contributed by atoms with E-state index in [1.165, 1.54) is 12.1 Å². The Labute approximate surface area is 297 Å². The number of carbonyl (C=O) groups is 1. The zero-order valence-electron chi connectivity index (χ0n) is 28.9. The summed E-state index contributed by atoms with van der Waals surface area (Å²) in [5.74, 6) is 0.0237. The Hall–Kier alpha value is -3.92. The molecule has 1 N–H and O–H groups in total. The van der Waals surface area contributed by atoms with E-state index in [0.717, 1.165) is 108 Å². The molecule has 1 unspecified atom stereocenters. The van der Waals surface area contributed by atoms with Crippen LogP contribution in [0.2, 0.25) is 5.02 Å². The van der Waals surface area contributed by atoms with E-state index in [4.69, 9.17) is 30.9 Å². The number of fused-ring (bicyclic) bond motifs is 3. The lowest BCUT2D eigenvalue weighted by Crippen LogP contribution is -2.17. The van der Waals surface area contributed by atoms with Crippen molar-refractivity contribution in [1.82, 2.24) is 14.3 Å². The Kier molecular flexibility index (Phi) is 10.4. The molecule has 50 heavy (non-hydrogen) atoms. The van der Waals surface area contributed by atoms with Crippen LogP contribution in [-0.2, 0) is 35.9 Å². The average molecular weight is 702 g/mol. The molecule has 0 radical (unpaired) electrons. The molecule has 2 aliphatic rings. The molecule has 2 aromatic heterocycles. The molecule has 0 amide bonds. The molecule has 10 heteroatoms. The zero-order chi connectivity index (χ0) is 34.8. The fourth-order valence-corrected chi connectivity index (χ4v) is 8.28. The van der Waals surface area contributed by atoms with E-state index in [0.29, 0.717) is 55.0 Å². The van der Waals surface area contributed by atoms with Gasteiger partial charge in [0.05, 0.1) is 22.8 Å². The third-order valence-electron chi connectivity index (χ3n) is 10.5. The predicted octanol–water partition coefficient (Wildman–Crippen LogP) is 9.32. The standard InChI is InChI=1S/C40H45ClFN3O5/c1-3-32-36-35-31(41)15-14-30-29(9-7-21-49-33-10-6-8-26-24-27(42)12-13-28(26)33)39(40(46)47)45(38(30)35)19-4-5-20-50-34(37(36)43-44(32)2)16-11-25-17-22-48-23-18-25/h6,8,10,12-15,24-25,34H,3-5,7,9,11,16-23H2,1-2H3,(H,46,47). The fraction of sp³-hybridized carbons (Fsp3) is 0.450. The second-order valence-corrected chi connectivity index (χ2v) is 14.0. The second kappa shape index (κ2) is 15.1. The molecule has 1 saturated heterocycles.